The van der Waals surface area contributed by atoms with E-state index in [0.717, 1.165) is 31.4 Å². The zero-order valence-electron chi connectivity index (χ0n) is 23.8. The first-order chi connectivity index (χ1) is 19.4. The van der Waals surface area contributed by atoms with Crippen LogP contribution in [0.2, 0.25) is 10.0 Å². The normalized spacial score (nSPS) is 17.4. The quantitative estimate of drug-likeness (QED) is 0.150. The number of rotatable bonds is 7. The van der Waals surface area contributed by atoms with Crippen molar-refractivity contribution >= 4 is 46.6 Å². The molecule has 0 saturated heterocycles. The summed E-state index contributed by atoms with van der Waals surface area (Å²) < 4.78 is 10.8. The third kappa shape index (κ3) is 7.08. The minimum absolute atomic E-state index is 0.0494. The maximum Gasteiger partial charge on any atom is 0.407 e. The van der Waals surface area contributed by atoms with E-state index >= 15 is 0 Å². The van der Waals surface area contributed by atoms with Gasteiger partial charge < -0.3 is 25.8 Å². The second-order valence-corrected chi connectivity index (χ2v) is 12.3. The summed E-state index contributed by atoms with van der Waals surface area (Å²) in [6.45, 7) is 5.54. The van der Waals surface area contributed by atoms with Gasteiger partial charge in [0.25, 0.3) is 0 Å². The van der Waals surface area contributed by atoms with Gasteiger partial charge in [-0.3, -0.25) is 4.79 Å². The summed E-state index contributed by atoms with van der Waals surface area (Å²) in [6, 6.07) is 20.1. The molecule has 1 saturated carbocycles. The van der Waals surface area contributed by atoms with Crippen LogP contribution in [0.1, 0.15) is 63.1 Å². The minimum atomic E-state index is -1.30. The molecule has 1 aliphatic rings. The Labute approximate surface area is 251 Å². The van der Waals surface area contributed by atoms with Crippen molar-refractivity contribution in [2.24, 2.45) is 0 Å². The summed E-state index contributed by atoms with van der Waals surface area (Å²) in [5, 5.41) is 7.68. The van der Waals surface area contributed by atoms with Gasteiger partial charge in [-0.25, -0.2) is 4.79 Å². The van der Waals surface area contributed by atoms with Crippen LogP contribution in [0.15, 0.2) is 66.7 Å². The van der Waals surface area contributed by atoms with E-state index in [1.807, 2.05) is 57.2 Å². The molecular formula is C32H37Cl2N3O4. The van der Waals surface area contributed by atoms with Crippen molar-refractivity contribution in [3.05, 3.63) is 93.5 Å². The van der Waals surface area contributed by atoms with Crippen LogP contribution < -0.4 is 16.4 Å². The number of hydrogen-bond donors (Lipinski definition) is 3. The van der Waals surface area contributed by atoms with E-state index in [4.69, 9.17) is 38.4 Å². The Hall–Kier alpha value is -3.42. The lowest BCUT2D eigenvalue weighted by molar-refractivity contribution is -0.144. The molecule has 4 N–H and O–H groups in total. The summed E-state index contributed by atoms with van der Waals surface area (Å²) in [7, 11) is 1.38. The van der Waals surface area contributed by atoms with Gasteiger partial charge in [0.15, 0.2) is 0 Å². The zero-order chi connectivity index (χ0) is 29.8. The number of nitrogen functional groups attached to an aromatic ring is 1. The van der Waals surface area contributed by atoms with E-state index in [0.29, 0.717) is 32.4 Å². The van der Waals surface area contributed by atoms with Crippen LogP contribution in [-0.2, 0) is 19.7 Å². The first-order valence-electron chi connectivity index (χ1n) is 13.7. The summed E-state index contributed by atoms with van der Waals surface area (Å²) in [6.07, 6.45) is 2.88. The number of carbonyl (C=O) groups excluding carboxylic acids is 2. The van der Waals surface area contributed by atoms with Gasteiger partial charge in [-0.15, -0.1) is 0 Å². The molecule has 0 spiro atoms. The molecule has 3 aromatic rings. The first kappa shape index (κ1) is 30.5. The molecule has 218 valence electrons. The zero-order valence-corrected chi connectivity index (χ0v) is 25.3. The van der Waals surface area contributed by atoms with Crippen molar-refractivity contribution < 1.29 is 19.1 Å². The summed E-state index contributed by atoms with van der Waals surface area (Å²) in [4.78, 5) is 26.0. The number of benzene rings is 3. The van der Waals surface area contributed by atoms with Gasteiger partial charge in [0.2, 0.25) is 0 Å². The lowest BCUT2D eigenvalue weighted by atomic mass is 9.69. The number of nitrogens with two attached hydrogens (primary N) is 1. The molecular weight excluding hydrogens is 561 g/mol. The number of esters is 1. The van der Waals surface area contributed by atoms with E-state index in [1.165, 1.54) is 7.11 Å². The summed E-state index contributed by atoms with van der Waals surface area (Å²) in [5.41, 5.74) is 7.96. The Morgan fingerprint density at radius 3 is 1.78 bits per heavy atom. The molecule has 0 unspecified atom stereocenters. The van der Waals surface area contributed by atoms with Crippen LogP contribution >= 0.6 is 23.2 Å². The Kier molecular flexibility index (Phi) is 9.40. The molecule has 0 atom stereocenters. The number of amides is 1. The fraction of sp³-hybridized carbons (Fsp3) is 0.375. The van der Waals surface area contributed by atoms with Crippen LogP contribution in [0.5, 0.6) is 0 Å². The Bertz CT molecular complexity index is 1320. The minimum Gasteiger partial charge on any atom is -0.468 e. The van der Waals surface area contributed by atoms with Gasteiger partial charge in [0.05, 0.1) is 18.5 Å². The van der Waals surface area contributed by atoms with E-state index in [2.05, 4.69) is 10.6 Å². The molecule has 0 radical (unpaired) electrons. The van der Waals surface area contributed by atoms with Crippen LogP contribution in [0.3, 0.4) is 0 Å². The SMILES string of the molecule is COC(=O)C(c1ccc(Cl)cc1)(c1ccc(Cl)cc1)c1ccc(N)c(N[C@H]2CC[C@@H](NC(=O)OC(C)(C)C)CC2)c1. The topological polar surface area (TPSA) is 103 Å². The Morgan fingerprint density at radius 2 is 1.29 bits per heavy atom. The van der Waals surface area contributed by atoms with Crippen molar-refractivity contribution in [3.8, 4) is 0 Å². The van der Waals surface area contributed by atoms with Crippen molar-refractivity contribution in [2.45, 2.75) is 69.6 Å². The van der Waals surface area contributed by atoms with Crippen molar-refractivity contribution in [1.82, 2.24) is 5.32 Å². The standard InChI is InChI=1S/C32H37Cl2N3O4/c1-31(2,3)41-30(39)37-26-16-14-25(15-17-26)36-28-19-22(9-18-27(28)35)32(29(38)40-4,20-5-10-23(33)11-6-20)21-7-12-24(34)13-8-21/h5-13,18-19,25-26,36H,14-17,35H2,1-4H3,(H,37,39)/t25-,26+. The molecule has 3 aromatic carbocycles. The highest BCUT2D eigenvalue weighted by Gasteiger charge is 2.45. The number of alkyl carbamates (subject to hydrolysis) is 1. The second-order valence-electron chi connectivity index (χ2n) is 11.4. The highest BCUT2D eigenvalue weighted by Crippen LogP contribution is 2.43. The third-order valence-electron chi connectivity index (χ3n) is 7.34. The van der Waals surface area contributed by atoms with Crippen molar-refractivity contribution in [2.75, 3.05) is 18.2 Å². The average molecular weight is 599 g/mol. The highest BCUT2D eigenvalue weighted by molar-refractivity contribution is 6.30. The number of hydrogen-bond acceptors (Lipinski definition) is 6. The van der Waals surface area contributed by atoms with E-state index < -0.39 is 23.1 Å². The van der Waals surface area contributed by atoms with Crippen LogP contribution in [-0.4, -0.2) is 36.9 Å². The number of anilines is 2. The van der Waals surface area contributed by atoms with Crippen LogP contribution in [0.4, 0.5) is 16.2 Å². The van der Waals surface area contributed by atoms with E-state index in [9.17, 15) is 9.59 Å². The fourth-order valence-corrected chi connectivity index (χ4v) is 5.65. The van der Waals surface area contributed by atoms with Crippen LogP contribution in [0.25, 0.3) is 0 Å². The first-order valence-corrected chi connectivity index (χ1v) is 14.4. The van der Waals surface area contributed by atoms with Gasteiger partial charge in [0.1, 0.15) is 11.0 Å². The molecule has 41 heavy (non-hydrogen) atoms. The Balaban J connectivity index is 1.64. The maximum atomic E-state index is 13.8. The van der Waals surface area contributed by atoms with Gasteiger partial charge in [0, 0.05) is 22.1 Å². The highest BCUT2D eigenvalue weighted by atomic mass is 35.5. The number of carbonyl (C=O) groups is 2. The van der Waals surface area contributed by atoms with Gasteiger partial charge in [-0.05, 0) is 99.5 Å². The van der Waals surface area contributed by atoms with Gasteiger partial charge in [-0.2, -0.15) is 0 Å². The number of methoxy groups -OCH3 is 1. The predicted octanol–water partition coefficient (Wildman–Crippen LogP) is 7.33. The Morgan fingerprint density at radius 1 is 0.805 bits per heavy atom. The number of ether oxygens (including phenoxy) is 2. The average Bonchev–Trinajstić information content (AvgIpc) is 2.92. The third-order valence-corrected chi connectivity index (χ3v) is 7.84. The fourth-order valence-electron chi connectivity index (χ4n) is 5.40. The lowest BCUT2D eigenvalue weighted by Crippen LogP contribution is -2.42. The lowest BCUT2D eigenvalue weighted by Gasteiger charge is -2.34. The largest absolute Gasteiger partial charge is 0.468 e. The van der Waals surface area contributed by atoms with Crippen LogP contribution in [0, 0.1) is 0 Å². The van der Waals surface area contributed by atoms with Gasteiger partial charge >= 0.3 is 12.1 Å². The predicted molar refractivity (Wildman–Crippen MR) is 165 cm³/mol. The smallest absolute Gasteiger partial charge is 0.407 e. The van der Waals surface area contributed by atoms with Crippen molar-refractivity contribution in [3.63, 3.8) is 0 Å². The van der Waals surface area contributed by atoms with Gasteiger partial charge in [-0.1, -0.05) is 53.5 Å². The molecule has 1 fully saturated rings. The second kappa shape index (κ2) is 12.6. The molecule has 0 heterocycles. The molecule has 4 rings (SSSR count). The molecule has 9 heteroatoms. The molecule has 0 aromatic heterocycles. The number of halogens is 2. The maximum absolute atomic E-state index is 13.8. The monoisotopic (exact) mass is 597 g/mol. The molecule has 1 amide bonds. The molecule has 1 aliphatic carbocycles. The van der Waals surface area contributed by atoms with E-state index in [1.54, 1.807) is 30.3 Å². The van der Waals surface area contributed by atoms with E-state index in [-0.39, 0.29) is 12.1 Å². The molecule has 7 nitrogen and oxygen atoms in total. The summed E-state index contributed by atoms with van der Waals surface area (Å²) in [5.74, 6) is -0.452. The summed E-state index contributed by atoms with van der Waals surface area (Å²) >= 11 is 12.4. The molecule has 0 aliphatic heterocycles. The molecule has 0 bridgehead atoms. The number of nitrogens with one attached hydrogen (secondary N) is 2. The van der Waals surface area contributed by atoms with Crippen molar-refractivity contribution in [1.29, 1.82) is 0 Å².